The fourth-order valence-corrected chi connectivity index (χ4v) is 6.41. The molecule has 3 rings (SSSR count). The molecule has 0 bridgehead atoms. The van der Waals surface area contributed by atoms with Gasteiger partial charge in [-0.1, -0.05) is 13.8 Å². The first-order valence-corrected chi connectivity index (χ1v) is 12.7. The van der Waals surface area contributed by atoms with Crippen LogP contribution in [-0.4, -0.2) is 49.2 Å². The summed E-state index contributed by atoms with van der Waals surface area (Å²) in [5.74, 6) is -0.359. The number of carbonyl (C=O) groups excluding carboxylic acids is 1. The second-order valence-corrected chi connectivity index (χ2v) is 10.7. The number of benzene rings is 1. The van der Waals surface area contributed by atoms with E-state index in [1.54, 1.807) is 13.8 Å². The summed E-state index contributed by atoms with van der Waals surface area (Å²) in [4.78, 5) is 16.4. The summed E-state index contributed by atoms with van der Waals surface area (Å²) in [6, 6.07) is 8.59. The molecule has 0 saturated carbocycles. The summed E-state index contributed by atoms with van der Waals surface area (Å²) in [5.41, 5.74) is 1.91. The standard InChI is InChI=1S/C22H28N4O3S2.ClH/c1-5-26(6-2)31(28,29)17-9-7-16(8-10-17)21(27)24-22-19(13-23)18-11-12-25(15(3)4)14-20(18)30-22;/h7-10,15H,5-6,11-12,14H2,1-4H3,(H,24,27);1H. The number of rotatable bonds is 7. The number of amides is 1. The number of sulfonamides is 1. The van der Waals surface area contributed by atoms with Gasteiger partial charge >= 0.3 is 0 Å². The van der Waals surface area contributed by atoms with E-state index in [0.29, 0.717) is 35.3 Å². The van der Waals surface area contributed by atoms with Crippen molar-refractivity contribution in [2.75, 3.05) is 25.0 Å². The van der Waals surface area contributed by atoms with Crippen LogP contribution < -0.4 is 5.32 Å². The Morgan fingerprint density at radius 1 is 1.25 bits per heavy atom. The van der Waals surface area contributed by atoms with Crippen LogP contribution in [0.4, 0.5) is 5.00 Å². The highest BCUT2D eigenvalue weighted by atomic mass is 35.5. The van der Waals surface area contributed by atoms with Crippen molar-refractivity contribution in [2.24, 2.45) is 0 Å². The molecular weight excluding hydrogens is 468 g/mol. The van der Waals surface area contributed by atoms with E-state index in [1.807, 2.05) is 0 Å². The molecule has 1 aromatic carbocycles. The van der Waals surface area contributed by atoms with E-state index >= 15 is 0 Å². The zero-order chi connectivity index (χ0) is 22.8. The maximum atomic E-state index is 12.8. The maximum Gasteiger partial charge on any atom is 0.256 e. The zero-order valence-electron chi connectivity index (χ0n) is 18.7. The Labute approximate surface area is 200 Å². The van der Waals surface area contributed by atoms with Crippen molar-refractivity contribution in [1.82, 2.24) is 9.21 Å². The third-order valence-corrected chi connectivity index (χ3v) is 8.81. The number of nitriles is 1. The lowest BCUT2D eigenvalue weighted by Gasteiger charge is -2.30. The van der Waals surface area contributed by atoms with Crippen LogP contribution in [0.3, 0.4) is 0 Å². The van der Waals surface area contributed by atoms with Crippen LogP contribution >= 0.6 is 23.7 Å². The van der Waals surface area contributed by atoms with Gasteiger partial charge in [-0.3, -0.25) is 9.69 Å². The normalized spacial score (nSPS) is 14.0. The van der Waals surface area contributed by atoms with Gasteiger partial charge in [0.25, 0.3) is 5.91 Å². The number of hydrogen-bond acceptors (Lipinski definition) is 6. The average molecular weight is 497 g/mol. The summed E-state index contributed by atoms with van der Waals surface area (Å²) >= 11 is 1.45. The molecule has 7 nitrogen and oxygen atoms in total. The molecule has 0 atom stereocenters. The number of fused-ring (bicyclic) bond motifs is 1. The van der Waals surface area contributed by atoms with Gasteiger partial charge < -0.3 is 5.32 Å². The van der Waals surface area contributed by atoms with Gasteiger partial charge in [-0.2, -0.15) is 9.57 Å². The van der Waals surface area contributed by atoms with Gasteiger partial charge in [0.05, 0.1) is 10.5 Å². The van der Waals surface area contributed by atoms with Crippen LogP contribution in [0, 0.1) is 11.3 Å². The number of carbonyl (C=O) groups is 1. The summed E-state index contributed by atoms with van der Waals surface area (Å²) < 4.78 is 26.6. The average Bonchev–Trinajstić information content (AvgIpc) is 3.10. The Morgan fingerprint density at radius 3 is 2.41 bits per heavy atom. The molecule has 1 aromatic heterocycles. The van der Waals surface area contributed by atoms with Gasteiger partial charge in [0.2, 0.25) is 10.0 Å². The van der Waals surface area contributed by atoms with Gasteiger partial charge in [-0.25, -0.2) is 8.42 Å². The van der Waals surface area contributed by atoms with Gasteiger partial charge in [0, 0.05) is 42.7 Å². The van der Waals surface area contributed by atoms with Gasteiger partial charge in [-0.05, 0) is 50.1 Å². The molecule has 32 heavy (non-hydrogen) atoms. The van der Waals surface area contributed by atoms with E-state index in [0.717, 1.165) is 30.0 Å². The molecule has 2 heterocycles. The Kier molecular flexibility index (Phi) is 8.85. The van der Waals surface area contributed by atoms with Gasteiger partial charge in [-0.15, -0.1) is 23.7 Å². The van der Waals surface area contributed by atoms with E-state index in [2.05, 4.69) is 30.1 Å². The number of hydrogen-bond donors (Lipinski definition) is 1. The highest BCUT2D eigenvalue weighted by Crippen LogP contribution is 2.37. The van der Waals surface area contributed by atoms with Crippen molar-refractivity contribution in [3.05, 3.63) is 45.8 Å². The Hall–Kier alpha value is -1.96. The van der Waals surface area contributed by atoms with Crippen LogP contribution in [-0.2, 0) is 23.0 Å². The van der Waals surface area contributed by atoms with E-state index < -0.39 is 10.0 Å². The lowest BCUT2D eigenvalue weighted by atomic mass is 10.0. The molecule has 0 fully saturated rings. The van der Waals surface area contributed by atoms with Crippen molar-refractivity contribution in [1.29, 1.82) is 5.26 Å². The van der Waals surface area contributed by atoms with Crippen molar-refractivity contribution < 1.29 is 13.2 Å². The van der Waals surface area contributed by atoms with Gasteiger partial charge in [0.15, 0.2) is 0 Å². The topological polar surface area (TPSA) is 93.5 Å². The molecule has 1 N–H and O–H groups in total. The molecule has 0 unspecified atom stereocenters. The molecule has 0 radical (unpaired) electrons. The molecule has 174 valence electrons. The second-order valence-electron chi connectivity index (χ2n) is 7.70. The SMILES string of the molecule is CCN(CC)S(=O)(=O)c1ccc(C(=O)Nc2sc3c(c2C#N)CCN(C(C)C)C3)cc1.Cl. The molecule has 10 heteroatoms. The molecule has 2 aromatic rings. The van der Waals surface area contributed by atoms with E-state index in [-0.39, 0.29) is 23.2 Å². The fourth-order valence-electron chi connectivity index (χ4n) is 3.74. The van der Waals surface area contributed by atoms with Crippen molar-refractivity contribution in [3.8, 4) is 6.07 Å². The molecule has 0 spiro atoms. The summed E-state index contributed by atoms with van der Waals surface area (Å²) in [6.07, 6.45) is 0.792. The van der Waals surface area contributed by atoms with Crippen molar-refractivity contribution in [3.63, 3.8) is 0 Å². The van der Waals surface area contributed by atoms with Crippen LogP contribution in [0.1, 0.15) is 54.1 Å². The maximum absolute atomic E-state index is 12.8. The molecular formula is C22H29ClN4O3S2. The van der Waals surface area contributed by atoms with E-state index in [1.165, 1.54) is 39.9 Å². The highest BCUT2D eigenvalue weighted by Gasteiger charge is 2.27. The number of thiophene rings is 1. The molecule has 0 saturated heterocycles. The predicted molar refractivity (Wildman–Crippen MR) is 130 cm³/mol. The van der Waals surface area contributed by atoms with Crippen LogP contribution in [0.2, 0.25) is 0 Å². The first-order chi connectivity index (χ1) is 14.7. The molecule has 1 aliphatic heterocycles. The number of nitrogens with zero attached hydrogens (tertiary/aromatic N) is 3. The lowest BCUT2D eigenvalue weighted by molar-refractivity contribution is 0.102. The third-order valence-electron chi connectivity index (χ3n) is 5.62. The first-order valence-electron chi connectivity index (χ1n) is 10.4. The van der Waals surface area contributed by atoms with Crippen LogP contribution in [0.5, 0.6) is 0 Å². The number of anilines is 1. The number of halogens is 1. The monoisotopic (exact) mass is 496 g/mol. The lowest BCUT2D eigenvalue weighted by Crippen LogP contribution is -2.35. The first kappa shape index (κ1) is 26.3. The number of nitrogens with one attached hydrogen (secondary N) is 1. The summed E-state index contributed by atoms with van der Waals surface area (Å²) in [6.45, 7) is 10.3. The molecule has 1 amide bonds. The van der Waals surface area contributed by atoms with Gasteiger partial charge in [0.1, 0.15) is 11.1 Å². The molecule has 0 aliphatic carbocycles. The molecule has 1 aliphatic rings. The Morgan fingerprint density at radius 2 is 1.88 bits per heavy atom. The minimum absolute atomic E-state index is 0. The minimum atomic E-state index is -3.57. The van der Waals surface area contributed by atoms with E-state index in [4.69, 9.17) is 0 Å². The fraction of sp³-hybridized carbons (Fsp3) is 0.455. The smallest absolute Gasteiger partial charge is 0.256 e. The Bertz CT molecular complexity index is 1100. The minimum Gasteiger partial charge on any atom is -0.312 e. The largest absolute Gasteiger partial charge is 0.312 e. The zero-order valence-corrected chi connectivity index (χ0v) is 21.2. The van der Waals surface area contributed by atoms with Crippen molar-refractivity contribution in [2.45, 2.75) is 51.6 Å². The van der Waals surface area contributed by atoms with Crippen LogP contribution in [0.25, 0.3) is 0 Å². The predicted octanol–water partition coefficient (Wildman–Crippen LogP) is 4.09. The van der Waals surface area contributed by atoms with E-state index in [9.17, 15) is 18.5 Å². The van der Waals surface area contributed by atoms with Crippen LogP contribution in [0.15, 0.2) is 29.2 Å². The third kappa shape index (κ3) is 5.16. The highest BCUT2D eigenvalue weighted by molar-refractivity contribution is 7.89. The Balaban J connectivity index is 0.00000363. The second kappa shape index (κ2) is 10.8. The van der Waals surface area contributed by atoms with Crippen molar-refractivity contribution >= 4 is 44.7 Å². The summed E-state index contributed by atoms with van der Waals surface area (Å²) in [5, 5.41) is 13.1. The summed E-state index contributed by atoms with van der Waals surface area (Å²) in [7, 11) is -3.57. The quantitative estimate of drug-likeness (QED) is 0.623.